The van der Waals surface area contributed by atoms with Crippen LogP contribution < -0.4 is 5.56 Å². The van der Waals surface area contributed by atoms with Gasteiger partial charge in [0.15, 0.2) is 0 Å². The van der Waals surface area contributed by atoms with Crippen LogP contribution in [0, 0.1) is 0 Å². The number of rotatable bonds is 5. The second-order valence-electron chi connectivity index (χ2n) is 9.52. The number of nitrogens with zero attached hydrogens (tertiary/aromatic N) is 4. The van der Waals surface area contributed by atoms with E-state index in [4.69, 9.17) is 4.98 Å². The van der Waals surface area contributed by atoms with Crippen molar-refractivity contribution in [1.82, 2.24) is 14.2 Å². The van der Waals surface area contributed by atoms with Gasteiger partial charge in [0.2, 0.25) is 0 Å². The van der Waals surface area contributed by atoms with Gasteiger partial charge in [-0.3, -0.25) is 4.79 Å². The minimum Gasteiger partial charge on any atom is -0.342 e. The summed E-state index contributed by atoms with van der Waals surface area (Å²) in [6.45, 7) is 4.78. The van der Waals surface area contributed by atoms with E-state index in [-0.39, 0.29) is 11.5 Å². The number of para-hydroxylation sites is 1. The maximum absolute atomic E-state index is 13.4. The molecule has 2 aromatic heterocycles. The second kappa shape index (κ2) is 9.45. The molecule has 6 heteroatoms. The summed E-state index contributed by atoms with van der Waals surface area (Å²) in [6, 6.07) is 28.8. The molecule has 0 spiro atoms. The third-order valence-electron chi connectivity index (χ3n) is 6.70. The number of aromatic nitrogens is 3. The van der Waals surface area contributed by atoms with E-state index in [1.54, 1.807) is 12.3 Å². The minimum atomic E-state index is -0.175. The molecule has 0 aliphatic heterocycles. The molecule has 0 amide bonds. The molecule has 5 nitrogen and oxygen atoms in total. The molecule has 0 radical (unpaired) electrons. The molecule has 0 saturated heterocycles. The average molecular weight is 549 g/mol. The van der Waals surface area contributed by atoms with Crippen LogP contribution in [-0.4, -0.2) is 20.4 Å². The van der Waals surface area contributed by atoms with Gasteiger partial charge in [0, 0.05) is 39.6 Å². The largest absolute Gasteiger partial charge is 0.342 e. The zero-order valence-electron chi connectivity index (χ0n) is 20.6. The Morgan fingerprint density at radius 2 is 1.68 bits per heavy atom. The van der Waals surface area contributed by atoms with Gasteiger partial charge in [-0.1, -0.05) is 90.4 Å². The van der Waals surface area contributed by atoms with Crippen LogP contribution in [-0.2, 0) is 6.54 Å². The Kier molecular flexibility index (Phi) is 5.97. The third kappa shape index (κ3) is 4.27. The topological polar surface area (TPSA) is 52.2 Å². The molecule has 37 heavy (non-hydrogen) atoms. The predicted molar refractivity (Wildman–Crippen MR) is 156 cm³/mol. The van der Waals surface area contributed by atoms with Gasteiger partial charge in [0.05, 0.1) is 17.1 Å². The number of fused-ring (bicyclic) bond motifs is 3. The van der Waals surface area contributed by atoms with Crippen LogP contribution in [0.25, 0.3) is 32.6 Å². The van der Waals surface area contributed by atoms with Crippen molar-refractivity contribution in [3.8, 4) is 0 Å². The molecule has 0 aliphatic rings. The summed E-state index contributed by atoms with van der Waals surface area (Å²) in [5.74, 6) is 0.668. The van der Waals surface area contributed by atoms with Crippen LogP contribution in [0.15, 0.2) is 105 Å². The molecule has 0 bridgehead atoms. The average Bonchev–Trinajstić information content (AvgIpc) is 3.26. The van der Waals surface area contributed by atoms with Crippen molar-refractivity contribution in [2.45, 2.75) is 26.3 Å². The van der Waals surface area contributed by atoms with E-state index >= 15 is 0 Å². The molecule has 0 aliphatic carbocycles. The number of hydrogen-bond donors (Lipinski definition) is 0. The molecule has 0 unspecified atom stereocenters. The Morgan fingerprint density at radius 1 is 0.919 bits per heavy atom. The quantitative estimate of drug-likeness (QED) is 0.212. The van der Waals surface area contributed by atoms with Crippen molar-refractivity contribution >= 4 is 54.7 Å². The molecular weight excluding hydrogens is 524 g/mol. The van der Waals surface area contributed by atoms with Crippen molar-refractivity contribution in [2.24, 2.45) is 5.10 Å². The van der Waals surface area contributed by atoms with Crippen LogP contribution in [0.5, 0.6) is 0 Å². The highest BCUT2D eigenvalue weighted by molar-refractivity contribution is 9.10. The van der Waals surface area contributed by atoms with Crippen LogP contribution in [0.1, 0.15) is 36.7 Å². The maximum atomic E-state index is 13.4. The third-order valence-corrected chi connectivity index (χ3v) is 7.20. The Morgan fingerprint density at radius 3 is 2.51 bits per heavy atom. The minimum absolute atomic E-state index is 0.0330. The summed E-state index contributed by atoms with van der Waals surface area (Å²) in [5.41, 5.74) is 3.83. The molecule has 2 heterocycles. The fraction of sp³-hybridized carbons (Fsp3) is 0.129. The Labute approximate surface area is 222 Å². The van der Waals surface area contributed by atoms with E-state index < -0.39 is 0 Å². The summed E-state index contributed by atoms with van der Waals surface area (Å²) in [5, 5.41) is 8.79. The lowest BCUT2D eigenvalue weighted by atomic mass is 10.0. The Balaban J connectivity index is 1.46. The highest BCUT2D eigenvalue weighted by atomic mass is 79.9. The first-order valence-corrected chi connectivity index (χ1v) is 13.1. The molecule has 6 aromatic rings. The first-order chi connectivity index (χ1) is 18.0. The summed E-state index contributed by atoms with van der Waals surface area (Å²) < 4.78 is 4.53. The molecule has 0 N–H and O–H groups in total. The molecule has 0 saturated carbocycles. The number of halogens is 1. The molecule has 4 aromatic carbocycles. The lowest BCUT2D eigenvalue weighted by molar-refractivity contribution is 0.665. The van der Waals surface area contributed by atoms with Crippen molar-refractivity contribution < 1.29 is 0 Å². The first-order valence-electron chi connectivity index (χ1n) is 12.3. The summed E-state index contributed by atoms with van der Waals surface area (Å²) >= 11 is 3.47. The van der Waals surface area contributed by atoms with E-state index in [0.29, 0.717) is 16.7 Å². The lowest BCUT2D eigenvalue weighted by Gasteiger charge is -2.11. The van der Waals surface area contributed by atoms with E-state index in [2.05, 4.69) is 92.5 Å². The maximum Gasteiger partial charge on any atom is 0.282 e. The molecule has 0 fully saturated rings. The van der Waals surface area contributed by atoms with Crippen LogP contribution in [0.3, 0.4) is 0 Å². The Bertz CT molecular complexity index is 1880. The van der Waals surface area contributed by atoms with Gasteiger partial charge in [-0.25, -0.2) is 4.98 Å². The Hall–Kier alpha value is -4.03. The van der Waals surface area contributed by atoms with E-state index in [1.165, 1.54) is 21.0 Å². The zero-order valence-corrected chi connectivity index (χ0v) is 22.2. The standard InChI is InChI=1S/C31H25BrN4O/c1-20(2)30-34-28-15-14-24(32)16-27(28)31(37)36(30)33-17-23-19-35(29-13-6-5-12-26(23)29)18-22-10-7-9-21-8-3-4-11-25(21)22/h3-17,19-20H,18H2,1-2H3. The highest BCUT2D eigenvalue weighted by Crippen LogP contribution is 2.25. The van der Waals surface area contributed by atoms with Gasteiger partial charge in [-0.05, 0) is 40.6 Å². The van der Waals surface area contributed by atoms with E-state index in [9.17, 15) is 4.79 Å². The van der Waals surface area contributed by atoms with Crippen LogP contribution >= 0.6 is 15.9 Å². The van der Waals surface area contributed by atoms with E-state index in [0.717, 1.165) is 27.5 Å². The monoisotopic (exact) mass is 548 g/mol. The van der Waals surface area contributed by atoms with E-state index in [1.807, 2.05) is 32.0 Å². The smallest absolute Gasteiger partial charge is 0.282 e. The zero-order chi connectivity index (χ0) is 25.5. The van der Waals surface area contributed by atoms with Crippen molar-refractivity contribution in [3.63, 3.8) is 0 Å². The SMILES string of the molecule is CC(C)c1nc2ccc(Br)cc2c(=O)n1N=Cc1cn(Cc2cccc3ccccc23)c2ccccc12. The van der Waals surface area contributed by atoms with Crippen molar-refractivity contribution in [3.05, 3.63) is 123 Å². The van der Waals surface area contributed by atoms with Crippen LogP contribution in [0.4, 0.5) is 0 Å². The number of benzene rings is 4. The second-order valence-corrected chi connectivity index (χ2v) is 10.4. The molecule has 6 rings (SSSR count). The highest BCUT2D eigenvalue weighted by Gasteiger charge is 2.15. The molecular formula is C31H25BrN4O. The van der Waals surface area contributed by atoms with Crippen molar-refractivity contribution in [1.29, 1.82) is 0 Å². The van der Waals surface area contributed by atoms with Gasteiger partial charge in [0.25, 0.3) is 5.56 Å². The lowest BCUT2D eigenvalue weighted by Crippen LogP contribution is -2.23. The van der Waals surface area contributed by atoms with Gasteiger partial charge in [-0.2, -0.15) is 9.78 Å². The van der Waals surface area contributed by atoms with Gasteiger partial charge in [0.1, 0.15) is 5.82 Å². The summed E-state index contributed by atoms with van der Waals surface area (Å²) in [7, 11) is 0. The number of hydrogen-bond acceptors (Lipinski definition) is 3. The normalized spacial score (nSPS) is 12.0. The molecule has 0 atom stereocenters. The van der Waals surface area contributed by atoms with Crippen LogP contribution in [0.2, 0.25) is 0 Å². The van der Waals surface area contributed by atoms with Gasteiger partial charge in [-0.15, -0.1) is 0 Å². The summed E-state index contributed by atoms with van der Waals surface area (Å²) in [4.78, 5) is 18.2. The predicted octanol–water partition coefficient (Wildman–Crippen LogP) is 7.32. The van der Waals surface area contributed by atoms with Gasteiger partial charge >= 0.3 is 0 Å². The summed E-state index contributed by atoms with van der Waals surface area (Å²) in [6.07, 6.45) is 3.89. The first kappa shape index (κ1) is 23.4. The van der Waals surface area contributed by atoms with Crippen molar-refractivity contribution in [2.75, 3.05) is 0 Å². The molecule has 182 valence electrons. The fourth-order valence-electron chi connectivity index (χ4n) is 4.89. The fourth-order valence-corrected chi connectivity index (χ4v) is 5.25. The van der Waals surface area contributed by atoms with Gasteiger partial charge < -0.3 is 4.57 Å².